The van der Waals surface area contributed by atoms with Crippen molar-refractivity contribution in [3.63, 3.8) is 0 Å². The summed E-state index contributed by atoms with van der Waals surface area (Å²) in [6, 6.07) is 5.88. The van der Waals surface area contributed by atoms with Crippen LogP contribution in [-0.2, 0) is 26.0 Å². The molecule has 0 spiro atoms. The van der Waals surface area contributed by atoms with E-state index in [0.717, 1.165) is 11.8 Å². The fraction of sp³-hybridized carbons (Fsp3) is 0.429. The summed E-state index contributed by atoms with van der Waals surface area (Å²) in [5, 5.41) is 2.65. The predicted octanol–water partition coefficient (Wildman–Crippen LogP) is 0.327. The Kier molecular flexibility index (Phi) is 4.32. The van der Waals surface area contributed by atoms with Crippen LogP contribution in [0.25, 0.3) is 0 Å². The number of carbonyl (C=O) groups excluding carboxylic acids is 2. The van der Waals surface area contributed by atoms with Gasteiger partial charge in [-0.15, -0.1) is 0 Å². The Balaban J connectivity index is 2.14. The van der Waals surface area contributed by atoms with Crippen molar-refractivity contribution in [3.05, 3.63) is 29.8 Å². The lowest BCUT2D eigenvalue weighted by Crippen LogP contribution is -2.57. The van der Waals surface area contributed by atoms with E-state index < -0.39 is 15.9 Å². The molecule has 1 unspecified atom stereocenters. The van der Waals surface area contributed by atoms with Crippen LogP contribution < -0.4 is 5.32 Å². The van der Waals surface area contributed by atoms with Gasteiger partial charge in [-0.3, -0.25) is 9.59 Å². The number of piperazine rings is 1. The molecular formula is C14H18N2O4S. The minimum Gasteiger partial charge on any atom is -0.343 e. The van der Waals surface area contributed by atoms with E-state index in [4.69, 9.17) is 0 Å². The largest absolute Gasteiger partial charge is 0.343 e. The molecule has 1 N–H and O–H groups in total. The first-order valence-electron chi connectivity index (χ1n) is 6.68. The van der Waals surface area contributed by atoms with Crippen molar-refractivity contribution in [1.82, 2.24) is 10.2 Å². The van der Waals surface area contributed by atoms with Crippen molar-refractivity contribution in [2.24, 2.45) is 0 Å². The summed E-state index contributed by atoms with van der Waals surface area (Å²) in [5.41, 5.74) is 0.792. The first kappa shape index (κ1) is 15.5. The van der Waals surface area contributed by atoms with Gasteiger partial charge in [-0.2, -0.15) is 0 Å². The summed E-state index contributed by atoms with van der Waals surface area (Å²) < 4.78 is 22.8. The van der Waals surface area contributed by atoms with E-state index in [2.05, 4.69) is 5.32 Å². The molecule has 0 saturated carbocycles. The molecule has 1 aliphatic rings. The van der Waals surface area contributed by atoms with Crippen molar-refractivity contribution >= 4 is 21.7 Å². The quantitative estimate of drug-likeness (QED) is 0.868. The highest BCUT2D eigenvalue weighted by Crippen LogP contribution is 2.14. The number of hydrogen-bond acceptors (Lipinski definition) is 4. The SMILES string of the molecule is CCC1NC(=O)CN(Cc2ccc(S(C)(=O)=O)cc2)C1=O. The average molecular weight is 310 g/mol. The van der Waals surface area contributed by atoms with E-state index >= 15 is 0 Å². The summed E-state index contributed by atoms with van der Waals surface area (Å²) in [6.07, 6.45) is 1.69. The van der Waals surface area contributed by atoms with E-state index in [9.17, 15) is 18.0 Å². The van der Waals surface area contributed by atoms with Gasteiger partial charge in [0, 0.05) is 12.8 Å². The topological polar surface area (TPSA) is 83.6 Å². The van der Waals surface area contributed by atoms with Crippen LogP contribution in [0, 0.1) is 0 Å². The Morgan fingerprint density at radius 1 is 1.24 bits per heavy atom. The Bertz CT molecular complexity index is 652. The van der Waals surface area contributed by atoms with Crippen molar-refractivity contribution in [1.29, 1.82) is 0 Å². The Labute approximate surface area is 124 Å². The number of rotatable bonds is 4. The number of amides is 2. The second kappa shape index (κ2) is 5.85. The molecule has 7 heteroatoms. The molecule has 2 rings (SSSR count). The van der Waals surface area contributed by atoms with Crippen LogP contribution in [0.5, 0.6) is 0 Å². The average Bonchev–Trinajstić information content (AvgIpc) is 2.42. The van der Waals surface area contributed by atoms with E-state index in [1.54, 1.807) is 12.1 Å². The molecule has 1 aromatic carbocycles. The number of nitrogens with zero attached hydrogens (tertiary/aromatic N) is 1. The lowest BCUT2D eigenvalue weighted by molar-refractivity contribution is -0.144. The van der Waals surface area contributed by atoms with Crippen LogP contribution in [0.4, 0.5) is 0 Å². The third-order valence-corrected chi connectivity index (χ3v) is 4.54. The highest BCUT2D eigenvalue weighted by molar-refractivity contribution is 7.90. The molecule has 1 heterocycles. The predicted molar refractivity (Wildman–Crippen MR) is 77.2 cm³/mol. The highest BCUT2D eigenvalue weighted by Gasteiger charge is 2.31. The first-order valence-corrected chi connectivity index (χ1v) is 8.57. The maximum Gasteiger partial charge on any atom is 0.245 e. The fourth-order valence-corrected chi connectivity index (χ4v) is 2.88. The fourth-order valence-electron chi connectivity index (χ4n) is 2.25. The molecule has 0 bridgehead atoms. The van der Waals surface area contributed by atoms with Gasteiger partial charge >= 0.3 is 0 Å². The van der Waals surface area contributed by atoms with Gasteiger partial charge in [-0.05, 0) is 24.1 Å². The smallest absolute Gasteiger partial charge is 0.245 e. The van der Waals surface area contributed by atoms with Crippen LogP contribution in [0.15, 0.2) is 29.2 Å². The zero-order chi connectivity index (χ0) is 15.6. The standard InChI is InChI=1S/C14H18N2O4S/c1-3-12-14(18)16(9-13(17)15-12)8-10-4-6-11(7-5-10)21(2,19)20/h4-7,12H,3,8-9H2,1-2H3,(H,15,17). The van der Waals surface area contributed by atoms with E-state index in [1.165, 1.54) is 17.0 Å². The van der Waals surface area contributed by atoms with Crippen LogP contribution in [0.1, 0.15) is 18.9 Å². The van der Waals surface area contributed by atoms with E-state index in [0.29, 0.717) is 13.0 Å². The molecule has 1 aliphatic heterocycles. The highest BCUT2D eigenvalue weighted by atomic mass is 32.2. The van der Waals surface area contributed by atoms with E-state index in [-0.39, 0.29) is 23.3 Å². The minimum absolute atomic E-state index is 0.0309. The van der Waals surface area contributed by atoms with Crippen molar-refractivity contribution < 1.29 is 18.0 Å². The number of carbonyl (C=O) groups is 2. The second-order valence-corrected chi connectivity index (χ2v) is 7.15. The van der Waals surface area contributed by atoms with Gasteiger partial charge in [0.1, 0.15) is 6.04 Å². The lowest BCUT2D eigenvalue weighted by atomic mass is 10.1. The molecule has 0 aromatic heterocycles. The molecule has 1 aromatic rings. The second-order valence-electron chi connectivity index (χ2n) is 5.14. The van der Waals surface area contributed by atoms with Gasteiger partial charge in [0.05, 0.1) is 11.4 Å². The first-order chi connectivity index (χ1) is 9.81. The third kappa shape index (κ3) is 3.60. The maximum absolute atomic E-state index is 12.1. The molecule has 1 saturated heterocycles. The summed E-state index contributed by atoms with van der Waals surface area (Å²) in [5.74, 6) is -0.279. The molecule has 1 atom stereocenters. The van der Waals surface area contributed by atoms with Crippen molar-refractivity contribution in [2.45, 2.75) is 30.8 Å². The number of nitrogens with one attached hydrogen (secondary N) is 1. The van der Waals surface area contributed by atoms with Gasteiger partial charge in [-0.1, -0.05) is 19.1 Å². The molecule has 0 aliphatic carbocycles. The zero-order valence-corrected chi connectivity index (χ0v) is 12.8. The summed E-state index contributed by atoms with van der Waals surface area (Å²) >= 11 is 0. The minimum atomic E-state index is -3.23. The maximum atomic E-state index is 12.1. The van der Waals surface area contributed by atoms with Gasteiger partial charge in [0.15, 0.2) is 9.84 Å². The number of sulfone groups is 1. The van der Waals surface area contributed by atoms with Crippen LogP contribution in [-0.4, -0.2) is 44.0 Å². The normalized spacial score (nSPS) is 19.5. The van der Waals surface area contributed by atoms with Crippen LogP contribution >= 0.6 is 0 Å². The molecule has 6 nitrogen and oxygen atoms in total. The summed E-state index contributed by atoms with van der Waals surface area (Å²) in [6.45, 7) is 2.17. The Hall–Kier alpha value is -1.89. The molecule has 2 amide bonds. The van der Waals surface area contributed by atoms with Gasteiger partial charge in [-0.25, -0.2) is 8.42 Å². The van der Waals surface area contributed by atoms with Crippen LogP contribution in [0.3, 0.4) is 0 Å². The van der Waals surface area contributed by atoms with E-state index in [1.807, 2.05) is 6.92 Å². The van der Waals surface area contributed by atoms with Gasteiger partial charge in [0.25, 0.3) is 0 Å². The Morgan fingerprint density at radius 2 is 1.86 bits per heavy atom. The number of hydrogen-bond donors (Lipinski definition) is 1. The monoisotopic (exact) mass is 310 g/mol. The van der Waals surface area contributed by atoms with Crippen molar-refractivity contribution in [3.8, 4) is 0 Å². The zero-order valence-electron chi connectivity index (χ0n) is 12.0. The summed E-state index contributed by atoms with van der Waals surface area (Å²) in [4.78, 5) is 25.5. The Morgan fingerprint density at radius 3 is 2.38 bits per heavy atom. The molecule has 1 fully saturated rings. The molecule has 0 radical (unpaired) electrons. The third-order valence-electron chi connectivity index (χ3n) is 3.41. The molecule has 21 heavy (non-hydrogen) atoms. The lowest BCUT2D eigenvalue weighted by Gasteiger charge is -2.32. The molecular weight excluding hydrogens is 292 g/mol. The van der Waals surface area contributed by atoms with Crippen molar-refractivity contribution in [2.75, 3.05) is 12.8 Å². The van der Waals surface area contributed by atoms with Gasteiger partial charge < -0.3 is 10.2 Å². The number of benzene rings is 1. The van der Waals surface area contributed by atoms with Gasteiger partial charge in [0.2, 0.25) is 11.8 Å². The molecule has 114 valence electrons. The summed E-state index contributed by atoms with van der Waals surface area (Å²) in [7, 11) is -3.23. The van der Waals surface area contributed by atoms with Crippen LogP contribution in [0.2, 0.25) is 0 Å².